The molecule has 7 rings (SSSR count). The first kappa shape index (κ1) is 29.0. The molecule has 0 bridgehead atoms. The van der Waals surface area contributed by atoms with Crippen LogP contribution in [0.2, 0.25) is 0 Å². The topological polar surface area (TPSA) is 72.8 Å². The summed E-state index contributed by atoms with van der Waals surface area (Å²) < 4.78 is 18.9. The van der Waals surface area contributed by atoms with Gasteiger partial charge in [0, 0.05) is 46.6 Å². The van der Waals surface area contributed by atoms with E-state index in [-0.39, 0.29) is 17.8 Å². The van der Waals surface area contributed by atoms with Gasteiger partial charge in [0.05, 0.1) is 18.2 Å². The van der Waals surface area contributed by atoms with E-state index in [0.717, 1.165) is 47.2 Å². The molecule has 0 spiro atoms. The summed E-state index contributed by atoms with van der Waals surface area (Å²) in [6.45, 7) is 1.01. The van der Waals surface area contributed by atoms with Gasteiger partial charge in [0.15, 0.2) is 0 Å². The first-order valence-electron chi connectivity index (χ1n) is 15.6. The number of fused-ring (bicyclic) bond motifs is 7. The van der Waals surface area contributed by atoms with Gasteiger partial charge in [0.1, 0.15) is 12.4 Å². The first-order chi connectivity index (χ1) is 21.4. The summed E-state index contributed by atoms with van der Waals surface area (Å²) in [6.07, 6.45) is 6.72. The standard InChI is InChI=1S/C36H39N3O4S/c1-38(2)44-37-34(40)25-14-16-28-31(18-25)39-22-36(35(41)42-3)20-30(36)29-19-26(43-21-23-10-6-4-7-11-23)15-17-27(29)33(39)32(28)24-12-8-5-9-13-24/h4,6-7,10-11,14-19,24,30H,5,8-9,12-13,20-22H2,1-3H3,(H,37,40). The first-order valence-corrected chi connectivity index (χ1v) is 16.4. The van der Waals surface area contributed by atoms with Gasteiger partial charge in [0.2, 0.25) is 0 Å². The van der Waals surface area contributed by atoms with Crippen molar-refractivity contribution in [3.05, 3.63) is 89.0 Å². The summed E-state index contributed by atoms with van der Waals surface area (Å²) in [7, 11) is 5.28. The number of rotatable bonds is 8. The third-order valence-corrected chi connectivity index (χ3v) is 10.4. The molecule has 2 atom stereocenters. The van der Waals surface area contributed by atoms with Crippen LogP contribution in [0.4, 0.5) is 0 Å². The zero-order valence-corrected chi connectivity index (χ0v) is 26.4. The van der Waals surface area contributed by atoms with Crippen molar-refractivity contribution >= 4 is 34.9 Å². The Balaban J connectivity index is 1.39. The molecular formula is C36H39N3O4S. The minimum atomic E-state index is -0.651. The number of hydrogen-bond acceptors (Lipinski definition) is 6. The summed E-state index contributed by atoms with van der Waals surface area (Å²) >= 11 is 1.26. The van der Waals surface area contributed by atoms with E-state index in [2.05, 4.69) is 45.7 Å². The Hall–Kier alpha value is -3.75. The lowest BCUT2D eigenvalue weighted by Crippen LogP contribution is -2.24. The number of amides is 1. The number of carbonyl (C=O) groups excluding carboxylic acids is 2. The number of aromatic nitrogens is 1. The quantitative estimate of drug-likeness (QED) is 0.165. The molecule has 2 saturated carbocycles. The van der Waals surface area contributed by atoms with Gasteiger partial charge in [-0.05, 0) is 86.3 Å². The Kier molecular flexibility index (Phi) is 7.67. The molecule has 3 aliphatic rings. The number of nitrogens with zero attached hydrogens (tertiary/aromatic N) is 2. The molecule has 228 valence electrons. The minimum Gasteiger partial charge on any atom is -0.489 e. The number of methoxy groups -OCH3 is 1. The molecule has 0 saturated heterocycles. The normalized spacial score (nSPS) is 20.8. The molecule has 0 radical (unpaired) electrons. The van der Waals surface area contributed by atoms with Crippen molar-refractivity contribution in [1.29, 1.82) is 0 Å². The van der Waals surface area contributed by atoms with Gasteiger partial charge in [-0.15, -0.1) is 0 Å². The van der Waals surface area contributed by atoms with Crippen LogP contribution in [-0.2, 0) is 22.7 Å². The third-order valence-electron chi connectivity index (χ3n) is 9.71. The van der Waals surface area contributed by atoms with Crippen molar-refractivity contribution in [2.24, 2.45) is 5.41 Å². The molecule has 2 fully saturated rings. The smallest absolute Gasteiger partial charge is 0.314 e. The maximum absolute atomic E-state index is 13.5. The Morgan fingerprint density at radius 2 is 1.82 bits per heavy atom. The van der Waals surface area contributed by atoms with Crippen LogP contribution in [0.15, 0.2) is 66.7 Å². The molecule has 4 aromatic rings. The van der Waals surface area contributed by atoms with Crippen LogP contribution in [0.1, 0.15) is 77.4 Å². The van der Waals surface area contributed by atoms with Crippen molar-refractivity contribution in [3.63, 3.8) is 0 Å². The average molecular weight is 610 g/mol. The molecule has 3 aromatic carbocycles. The predicted octanol–water partition coefficient (Wildman–Crippen LogP) is 7.45. The monoisotopic (exact) mass is 609 g/mol. The summed E-state index contributed by atoms with van der Waals surface area (Å²) in [5.41, 5.74) is 6.94. The second-order valence-corrected chi connectivity index (χ2v) is 13.8. The molecule has 7 nitrogen and oxygen atoms in total. The second kappa shape index (κ2) is 11.6. The maximum Gasteiger partial charge on any atom is 0.314 e. The molecule has 2 heterocycles. The Morgan fingerprint density at radius 1 is 1.02 bits per heavy atom. The van der Waals surface area contributed by atoms with Crippen molar-refractivity contribution in [1.82, 2.24) is 13.6 Å². The summed E-state index contributed by atoms with van der Waals surface area (Å²) in [5.74, 6) is 0.967. The van der Waals surface area contributed by atoms with Crippen LogP contribution >= 0.6 is 12.1 Å². The fraction of sp³-hybridized carbons (Fsp3) is 0.389. The van der Waals surface area contributed by atoms with Crippen LogP contribution in [0.3, 0.4) is 0 Å². The Labute approximate surface area is 263 Å². The largest absolute Gasteiger partial charge is 0.489 e. The number of esters is 1. The van der Waals surface area contributed by atoms with E-state index in [0.29, 0.717) is 24.6 Å². The van der Waals surface area contributed by atoms with Crippen molar-refractivity contribution in [3.8, 4) is 17.0 Å². The number of nitrogens with one attached hydrogen (secondary N) is 1. The number of benzene rings is 3. The zero-order chi connectivity index (χ0) is 30.4. The lowest BCUT2D eigenvalue weighted by Gasteiger charge is -2.24. The van der Waals surface area contributed by atoms with Gasteiger partial charge in [-0.2, -0.15) is 0 Å². The van der Waals surface area contributed by atoms with Gasteiger partial charge < -0.3 is 14.0 Å². The number of hydrogen-bond donors (Lipinski definition) is 1. The van der Waals surface area contributed by atoms with Crippen molar-refractivity contribution in [2.45, 2.75) is 63.5 Å². The zero-order valence-electron chi connectivity index (χ0n) is 25.6. The minimum absolute atomic E-state index is 0.0438. The fourth-order valence-electron chi connectivity index (χ4n) is 7.51. The fourth-order valence-corrected chi connectivity index (χ4v) is 7.89. The van der Waals surface area contributed by atoms with Crippen LogP contribution in [-0.4, -0.2) is 42.0 Å². The molecule has 2 unspecified atom stereocenters. The molecular weight excluding hydrogens is 570 g/mol. The third kappa shape index (κ3) is 5.08. The predicted molar refractivity (Wildman–Crippen MR) is 175 cm³/mol. The SMILES string of the molecule is COC(=O)C12CC1c1cc(OCc3ccccc3)ccc1-c1c(C3CCCCC3)c3ccc(C(=O)NSN(C)C)cc3n1C2. The number of ether oxygens (including phenoxy) is 2. The van der Waals surface area contributed by atoms with Crippen molar-refractivity contribution < 1.29 is 19.1 Å². The Morgan fingerprint density at radius 3 is 2.57 bits per heavy atom. The van der Waals surface area contributed by atoms with Gasteiger partial charge in [0.25, 0.3) is 5.91 Å². The van der Waals surface area contributed by atoms with Crippen LogP contribution in [0, 0.1) is 5.41 Å². The highest BCUT2D eigenvalue weighted by Crippen LogP contribution is 2.66. The highest BCUT2D eigenvalue weighted by Gasteiger charge is 2.64. The van der Waals surface area contributed by atoms with E-state index in [4.69, 9.17) is 9.47 Å². The van der Waals surface area contributed by atoms with Crippen LogP contribution in [0.25, 0.3) is 22.2 Å². The lowest BCUT2D eigenvalue weighted by atomic mass is 9.81. The summed E-state index contributed by atoms with van der Waals surface area (Å²) in [5, 5.41) is 1.18. The van der Waals surface area contributed by atoms with E-state index in [9.17, 15) is 9.59 Å². The van der Waals surface area contributed by atoms with E-state index >= 15 is 0 Å². The molecule has 1 aromatic heterocycles. The summed E-state index contributed by atoms with van der Waals surface area (Å²) in [4.78, 5) is 26.7. The van der Waals surface area contributed by atoms with Gasteiger partial charge in [-0.1, -0.05) is 55.7 Å². The molecule has 1 amide bonds. The molecule has 2 aliphatic carbocycles. The van der Waals surface area contributed by atoms with E-state index in [1.54, 1.807) is 0 Å². The van der Waals surface area contributed by atoms with E-state index < -0.39 is 5.41 Å². The molecule has 44 heavy (non-hydrogen) atoms. The van der Waals surface area contributed by atoms with E-state index in [1.165, 1.54) is 55.1 Å². The Bertz CT molecular complexity index is 1730. The van der Waals surface area contributed by atoms with Gasteiger partial charge in [-0.3, -0.25) is 14.3 Å². The second-order valence-electron chi connectivity index (χ2n) is 12.7. The van der Waals surface area contributed by atoms with Crippen LogP contribution in [0.5, 0.6) is 5.75 Å². The lowest BCUT2D eigenvalue weighted by molar-refractivity contribution is -0.147. The highest BCUT2D eigenvalue weighted by molar-refractivity contribution is 7.95. The number of carbonyl (C=O) groups is 2. The van der Waals surface area contributed by atoms with Gasteiger partial charge >= 0.3 is 5.97 Å². The highest BCUT2D eigenvalue weighted by atomic mass is 32.2. The van der Waals surface area contributed by atoms with Gasteiger partial charge in [-0.25, -0.2) is 4.31 Å². The van der Waals surface area contributed by atoms with Crippen LogP contribution < -0.4 is 9.46 Å². The molecule has 1 N–H and O–H groups in total. The maximum atomic E-state index is 13.5. The summed E-state index contributed by atoms with van der Waals surface area (Å²) in [6, 6.07) is 22.7. The van der Waals surface area contributed by atoms with E-state index in [1.807, 2.05) is 48.7 Å². The van der Waals surface area contributed by atoms with Crippen molar-refractivity contribution in [2.75, 3.05) is 21.2 Å². The average Bonchev–Trinajstić information content (AvgIpc) is 3.73. The molecule has 1 aliphatic heterocycles. The molecule has 8 heteroatoms.